The summed E-state index contributed by atoms with van der Waals surface area (Å²) in [6, 6.07) is 2.98. The fraction of sp³-hybridized carbons (Fsp3) is 0.375. The second-order valence-electron chi connectivity index (χ2n) is 5.79. The zero-order valence-corrected chi connectivity index (χ0v) is 13.9. The van der Waals surface area contributed by atoms with Crippen LogP contribution < -0.4 is 9.64 Å². The van der Waals surface area contributed by atoms with Gasteiger partial charge in [0.2, 0.25) is 0 Å². The minimum absolute atomic E-state index is 0.165. The first kappa shape index (κ1) is 15.7. The lowest BCUT2D eigenvalue weighted by Crippen LogP contribution is -2.39. The predicted molar refractivity (Wildman–Crippen MR) is 88.1 cm³/mol. The van der Waals surface area contributed by atoms with Gasteiger partial charge in [-0.3, -0.25) is 5.10 Å². The lowest BCUT2D eigenvalue weighted by atomic mass is 10.2. The molecule has 1 N–H and O–H groups in total. The molecule has 0 radical (unpaired) electrons. The van der Waals surface area contributed by atoms with Crippen molar-refractivity contribution in [3.05, 3.63) is 35.9 Å². The van der Waals surface area contributed by atoms with Gasteiger partial charge in [-0.15, -0.1) is 0 Å². The molecule has 2 aromatic heterocycles. The van der Waals surface area contributed by atoms with Crippen LogP contribution in [-0.2, 0) is 4.74 Å². The Kier molecular flexibility index (Phi) is 3.92. The lowest BCUT2D eigenvalue weighted by molar-refractivity contribution is 0.0340. The topological polar surface area (TPSA) is 89.0 Å². The zero-order chi connectivity index (χ0) is 17.4. The molecular formula is C16H17FN6O2. The maximum absolute atomic E-state index is 13.9. The fourth-order valence-corrected chi connectivity index (χ4v) is 2.95. The summed E-state index contributed by atoms with van der Waals surface area (Å²) < 4.78 is 24.8. The first-order valence-electron chi connectivity index (χ1n) is 7.89. The number of H-pyrrole nitrogens is 1. The monoisotopic (exact) mass is 344 g/mol. The van der Waals surface area contributed by atoms with E-state index in [0.717, 1.165) is 11.2 Å². The van der Waals surface area contributed by atoms with Gasteiger partial charge in [0.05, 0.1) is 25.8 Å². The highest BCUT2D eigenvalue weighted by molar-refractivity contribution is 5.90. The normalized spacial score (nSPS) is 17.9. The molecule has 3 heterocycles. The Morgan fingerprint density at radius 1 is 1.36 bits per heavy atom. The molecule has 3 aromatic rings. The summed E-state index contributed by atoms with van der Waals surface area (Å²) in [7, 11) is 1.43. The molecule has 4 rings (SSSR count). The van der Waals surface area contributed by atoms with Gasteiger partial charge in [0.25, 0.3) is 0 Å². The van der Waals surface area contributed by atoms with Gasteiger partial charge in [-0.1, -0.05) is 0 Å². The number of hydrogen-bond donors (Lipinski definition) is 1. The number of halogens is 1. The molecule has 1 unspecified atom stereocenters. The minimum atomic E-state index is -0.448. The van der Waals surface area contributed by atoms with Crippen molar-refractivity contribution < 1.29 is 13.9 Å². The number of anilines is 1. The van der Waals surface area contributed by atoms with Crippen molar-refractivity contribution in [1.82, 2.24) is 25.1 Å². The van der Waals surface area contributed by atoms with E-state index in [2.05, 4.69) is 30.0 Å². The van der Waals surface area contributed by atoms with Crippen molar-refractivity contribution in [3.8, 4) is 5.75 Å². The number of benzene rings is 1. The standard InChI is InChI=1S/C16H17FN6O2/c1-9-20-15(22-21-9)14-7-23(3-4-25-14)16-10-5-13(24-2)11(17)6-12(10)18-8-19-16/h5-6,8,14H,3-4,7H2,1-2H3,(H,20,21,22). The molecule has 1 aromatic carbocycles. The Hall–Kier alpha value is -2.81. The Bertz CT molecular complexity index is 915. The highest BCUT2D eigenvalue weighted by Gasteiger charge is 2.27. The number of hydrogen-bond acceptors (Lipinski definition) is 7. The van der Waals surface area contributed by atoms with E-state index in [0.29, 0.717) is 36.9 Å². The minimum Gasteiger partial charge on any atom is -0.494 e. The average Bonchev–Trinajstić information content (AvgIpc) is 3.07. The summed E-state index contributed by atoms with van der Waals surface area (Å²) in [5.74, 6) is 1.78. The smallest absolute Gasteiger partial charge is 0.181 e. The Balaban J connectivity index is 1.71. The van der Waals surface area contributed by atoms with E-state index in [1.54, 1.807) is 6.07 Å². The Morgan fingerprint density at radius 3 is 3.00 bits per heavy atom. The highest BCUT2D eigenvalue weighted by atomic mass is 19.1. The highest BCUT2D eigenvalue weighted by Crippen LogP contribution is 2.31. The second-order valence-corrected chi connectivity index (χ2v) is 5.79. The molecule has 0 amide bonds. The van der Waals surface area contributed by atoms with Gasteiger partial charge in [0, 0.05) is 18.0 Å². The fourth-order valence-electron chi connectivity index (χ4n) is 2.95. The number of nitrogens with zero attached hydrogens (tertiary/aromatic N) is 5. The van der Waals surface area contributed by atoms with Gasteiger partial charge in [0.15, 0.2) is 17.4 Å². The van der Waals surface area contributed by atoms with Gasteiger partial charge >= 0.3 is 0 Å². The van der Waals surface area contributed by atoms with Gasteiger partial charge in [-0.2, -0.15) is 5.10 Å². The van der Waals surface area contributed by atoms with E-state index in [-0.39, 0.29) is 11.9 Å². The van der Waals surface area contributed by atoms with Gasteiger partial charge in [-0.25, -0.2) is 19.3 Å². The summed E-state index contributed by atoms with van der Waals surface area (Å²) in [6.45, 7) is 3.56. The number of fused-ring (bicyclic) bond motifs is 1. The number of morpholine rings is 1. The summed E-state index contributed by atoms with van der Waals surface area (Å²) in [5.41, 5.74) is 0.528. The van der Waals surface area contributed by atoms with Crippen LogP contribution >= 0.6 is 0 Å². The van der Waals surface area contributed by atoms with Gasteiger partial charge in [-0.05, 0) is 13.0 Å². The maximum Gasteiger partial charge on any atom is 0.181 e. The largest absolute Gasteiger partial charge is 0.494 e. The third kappa shape index (κ3) is 2.86. The molecule has 8 nitrogen and oxygen atoms in total. The van der Waals surface area contributed by atoms with Crippen LogP contribution in [0.25, 0.3) is 10.9 Å². The average molecular weight is 344 g/mol. The van der Waals surface area contributed by atoms with Gasteiger partial charge < -0.3 is 14.4 Å². The third-order valence-electron chi connectivity index (χ3n) is 4.16. The molecule has 25 heavy (non-hydrogen) atoms. The number of methoxy groups -OCH3 is 1. The number of nitrogens with one attached hydrogen (secondary N) is 1. The van der Waals surface area contributed by atoms with Crippen LogP contribution in [-0.4, -0.2) is 52.0 Å². The molecule has 9 heteroatoms. The summed E-state index contributed by atoms with van der Waals surface area (Å²) in [4.78, 5) is 15.0. The van der Waals surface area contributed by atoms with E-state index in [1.165, 1.54) is 19.5 Å². The summed E-state index contributed by atoms with van der Waals surface area (Å²) in [5, 5.41) is 7.74. The first-order valence-corrected chi connectivity index (χ1v) is 7.89. The first-order chi connectivity index (χ1) is 12.2. The Labute approximate surface area is 143 Å². The molecule has 130 valence electrons. The summed E-state index contributed by atoms with van der Waals surface area (Å²) >= 11 is 0. The van der Waals surface area contributed by atoms with Crippen molar-refractivity contribution in [2.24, 2.45) is 0 Å². The lowest BCUT2D eigenvalue weighted by Gasteiger charge is -2.33. The number of ether oxygens (including phenoxy) is 2. The molecule has 0 aliphatic carbocycles. The molecular weight excluding hydrogens is 327 g/mol. The van der Waals surface area contributed by atoms with Crippen molar-refractivity contribution >= 4 is 16.7 Å². The van der Waals surface area contributed by atoms with Crippen LogP contribution in [0.5, 0.6) is 5.75 Å². The van der Waals surface area contributed by atoms with Crippen molar-refractivity contribution in [2.75, 3.05) is 31.7 Å². The quantitative estimate of drug-likeness (QED) is 0.774. The number of aryl methyl sites for hydroxylation is 1. The predicted octanol–water partition coefficient (Wildman–Crippen LogP) is 1.78. The van der Waals surface area contributed by atoms with Crippen molar-refractivity contribution in [2.45, 2.75) is 13.0 Å². The SMILES string of the molecule is COc1cc2c(N3CCOC(c4n[nH]c(C)n4)C3)ncnc2cc1F. The number of rotatable bonds is 3. The maximum atomic E-state index is 13.9. The van der Waals surface area contributed by atoms with E-state index in [1.807, 2.05) is 6.92 Å². The van der Waals surface area contributed by atoms with Crippen LogP contribution in [0.3, 0.4) is 0 Å². The van der Waals surface area contributed by atoms with Crippen LogP contribution in [0.15, 0.2) is 18.5 Å². The molecule has 1 aliphatic heterocycles. The molecule has 1 saturated heterocycles. The molecule has 0 spiro atoms. The molecule has 0 bridgehead atoms. The van der Waals surface area contributed by atoms with E-state index >= 15 is 0 Å². The van der Waals surface area contributed by atoms with Crippen LogP contribution in [0.2, 0.25) is 0 Å². The molecule has 1 atom stereocenters. The number of aromatic amines is 1. The van der Waals surface area contributed by atoms with E-state index in [9.17, 15) is 4.39 Å². The van der Waals surface area contributed by atoms with Crippen LogP contribution in [0.4, 0.5) is 10.2 Å². The van der Waals surface area contributed by atoms with Crippen LogP contribution in [0.1, 0.15) is 17.8 Å². The summed E-state index contributed by atoms with van der Waals surface area (Å²) in [6.07, 6.45) is 1.18. The van der Waals surface area contributed by atoms with Crippen molar-refractivity contribution in [3.63, 3.8) is 0 Å². The zero-order valence-electron chi connectivity index (χ0n) is 13.9. The Morgan fingerprint density at radius 2 is 2.24 bits per heavy atom. The van der Waals surface area contributed by atoms with Crippen LogP contribution in [0, 0.1) is 12.7 Å². The molecule has 1 aliphatic rings. The van der Waals surface area contributed by atoms with E-state index in [4.69, 9.17) is 9.47 Å². The van der Waals surface area contributed by atoms with Crippen molar-refractivity contribution in [1.29, 1.82) is 0 Å². The number of aromatic nitrogens is 5. The molecule has 1 fully saturated rings. The second kappa shape index (κ2) is 6.25. The van der Waals surface area contributed by atoms with E-state index < -0.39 is 5.82 Å². The van der Waals surface area contributed by atoms with Gasteiger partial charge in [0.1, 0.15) is 24.1 Å². The molecule has 0 saturated carbocycles. The third-order valence-corrected chi connectivity index (χ3v) is 4.16.